The first kappa shape index (κ1) is 12.9. The number of nitrogens with one attached hydrogen (secondary N) is 1. The molecule has 2 atom stereocenters. The van der Waals surface area contributed by atoms with E-state index >= 15 is 0 Å². The summed E-state index contributed by atoms with van der Waals surface area (Å²) < 4.78 is 11.1. The Bertz CT molecular complexity index is 139. The van der Waals surface area contributed by atoms with Gasteiger partial charge in [-0.15, -0.1) is 0 Å². The van der Waals surface area contributed by atoms with Gasteiger partial charge in [0.2, 0.25) is 0 Å². The normalized spacial score (nSPS) is 24.0. The predicted octanol–water partition coefficient (Wildman–Crippen LogP) is 1.82. The number of hydrogen-bond acceptors (Lipinski definition) is 3. The van der Waals surface area contributed by atoms with Crippen molar-refractivity contribution < 1.29 is 9.47 Å². The highest BCUT2D eigenvalue weighted by atomic mass is 16.5. The molecule has 1 N–H and O–H groups in total. The summed E-state index contributed by atoms with van der Waals surface area (Å²) in [6, 6.07) is 0.477. The second-order valence-corrected chi connectivity index (χ2v) is 4.20. The molecule has 3 nitrogen and oxygen atoms in total. The fourth-order valence-electron chi connectivity index (χ4n) is 2.02. The zero-order chi connectivity index (χ0) is 10.9. The first-order valence-corrected chi connectivity index (χ1v) is 6.27. The first-order chi connectivity index (χ1) is 7.38. The van der Waals surface area contributed by atoms with Crippen LogP contribution in [0.4, 0.5) is 0 Å². The van der Waals surface area contributed by atoms with Crippen molar-refractivity contribution in [1.82, 2.24) is 5.32 Å². The molecule has 1 fully saturated rings. The van der Waals surface area contributed by atoms with E-state index in [1.165, 1.54) is 19.3 Å². The van der Waals surface area contributed by atoms with Gasteiger partial charge in [0.25, 0.3) is 0 Å². The molecule has 1 saturated heterocycles. The molecule has 0 aromatic rings. The van der Waals surface area contributed by atoms with E-state index < -0.39 is 0 Å². The van der Waals surface area contributed by atoms with E-state index in [9.17, 15) is 0 Å². The molecular weight excluding hydrogens is 190 g/mol. The minimum absolute atomic E-state index is 0.477. The Morgan fingerprint density at radius 3 is 2.93 bits per heavy atom. The molecule has 0 bridgehead atoms. The van der Waals surface area contributed by atoms with Gasteiger partial charge < -0.3 is 14.8 Å². The van der Waals surface area contributed by atoms with Crippen molar-refractivity contribution in [2.24, 2.45) is 5.92 Å². The lowest BCUT2D eigenvalue weighted by Gasteiger charge is -2.30. The molecule has 1 heterocycles. The van der Waals surface area contributed by atoms with Gasteiger partial charge >= 0.3 is 0 Å². The van der Waals surface area contributed by atoms with Gasteiger partial charge in [-0.3, -0.25) is 0 Å². The van der Waals surface area contributed by atoms with E-state index in [0.717, 1.165) is 33.0 Å². The van der Waals surface area contributed by atoms with Crippen molar-refractivity contribution in [2.45, 2.75) is 39.2 Å². The van der Waals surface area contributed by atoms with Gasteiger partial charge in [0.05, 0.1) is 13.2 Å². The van der Waals surface area contributed by atoms with E-state index in [-0.39, 0.29) is 0 Å². The average molecular weight is 215 g/mol. The van der Waals surface area contributed by atoms with Gasteiger partial charge in [-0.1, -0.05) is 6.92 Å². The standard InChI is InChI=1S/C12H25NO2/c1-3-7-13-12(10-14-4-2)11-6-5-8-15-9-11/h11-13H,3-10H2,1-2H3. The second kappa shape index (κ2) is 8.08. The molecule has 0 amide bonds. The smallest absolute Gasteiger partial charge is 0.0623 e. The van der Waals surface area contributed by atoms with Crippen molar-refractivity contribution in [3.05, 3.63) is 0 Å². The van der Waals surface area contributed by atoms with Crippen LogP contribution in [-0.2, 0) is 9.47 Å². The third-order valence-electron chi connectivity index (χ3n) is 2.92. The molecule has 0 radical (unpaired) electrons. The van der Waals surface area contributed by atoms with Crippen LogP contribution in [0.5, 0.6) is 0 Å². The fraction of sp³-hybridized carbons (Fsp3) is 1.00. The Labute approximate surface area is 93.5 Å². The third-order valence-corrected chi connectivity index (χ3v) is 2.92. The maximum atomic E-state index is 5.53. The molecule has 0 aromatic heterocycles. The number of hydrogen-bond donors (Lipinski definition) is 1. The van der Waals surface area contributed by atoms with E-state index in [2.05, 4.69) is 12.2 Å². The van der Waals surface area contributed by atoms with Crippen LogP contribution < -0.4 is 5.32 Å². The minimum Gasteiger partial charge on any atom is -0.381 e. The molecule has 1 rings (SSSR count). The molecule has 0 aliphatic carbocycles. The van der Waals surface area contributed by atoms with Crippen LogP contribution in [0.25, 0.3) is 0 Å². The SMILES string of the molecule is CCCNC(COCC)C1CCCOC1. The van der Waals surface area contributed by atoms with Gasteiger partial charge in [0.15, 0.2) is 0 Å². The van der Waals surface area contributed by atoms with Crippen LogP contribution in [0, 0.1) is 5.92 Å². The summed E-state index contributed by atoms with van der Waals surface area (Å²) in [5.74, 6) is 0.636. The Morgan fingerprint density at radius 1 is 1.47 bits per heavy atom. The van der Waals surface area contributed by atoms with Crippen molar-refractivity contribution in [1.29, 1.82) is 0 Å². The molecule has 3 heteroatoms. The molecule has 0 saturated carbocycles. The van der Waals surface area contributed by atoms with E-state index in [1.54, 1.807) is 0 Å². The van der Waals surface area contributed by atoms with Crippen LogP contribution in [-0.4, -0.2) is 39.0 Å². The molecule has 15 heavy (non-hydrogen) atoms. The van der Waals surface area contributed by atoms with Gasteiger partial charge in [0.1, 0.15) is 0 Å². The molecule has 1 aliphatic rings. The predicted molar refractivity (Wildman–Crippen MR) is 62.1 cm³/mol. The van der Waals surface area contributed by atoms with Crippen LogP contribution >= 0.6 is 0 Å². The average Bonchev–Trinajstić information content (AvgIpc) is 2.30. The Hall–Kier alpha value is -0.120. The van der Waals surface area contributed by atoms with E-state index in [1.807, 2.05) is 6.92 Å². The van der Waals surface area contributed by atoms with Crippen molar-refractivity contribution >= 4 is 0 Å². The molecule has 1 aliphatic heterocycles. The van der Waals surface area contributed by atoms with Gasteiger partial charge in [-0.2, -0.15) is 0 Å². The summed E-state index contributed by atoms with van der Waals surface area (Å²) >= 11 is 0. The lowest BCUT2D eigenvalue weighted by atomic mass is 9.94. The summed E-state index contributed by atoms with van der Waals surface area (Å²) in [6.45, 7) is 8.78. The lowest BCUT2D eigenvalue weighted by Crippen LogP contribution is -2.43. The molecule has 90 valence electrons. The van der Waals surface area contributed by atoms with Crippen LogP contribution in [0.3, 0.4) is 0 Å². The Morgan fingerprint density at radius 2 is 2.33 bits per heavy atom. The maximum Gasteiger partial charge on any atom is 0.0623 e. The third kappa shape index (κ3) is 4.96. The topological polar surface area (TPSA) is 30.5 Å². The first-order valence-electron chi connectivity index (χ1n) is 6.27. The monoisotopic (exact) mass is 215 g/mol. The Balaban J connectivity index is 2.30. The Kier molecular flexibility index (Phi) is 6.98. The van der Waals surface area contributed by atoms with Gasteiger partial charge in [-0.25, -0.2) is 0 Å². The highest BCUT2D eigenvalue weighted by Gasteiger charge is 2.23. The quantitative estimate of drug-likeness (QED) is 0.702. The highest BCUT2D eigenvalue weighted by Crippen LogP contribution is 2.17. The fourth-order valence-corrected chi connectivity index (χ4v) is 2.02. The lowest BCUT2D eigenvalue weighted by molar-refractivity contribution is 0.0164. The van der Waals surface area contributed by atoms with Gasteiger partial charge in [-0.05, 0) is 38.6 Å². The van der Waals surface area contributed by atoms with E-state index in [0.29, 0.717) is 12.0 Å². The second-order valence-electron chi connectivity index (χ2n) is 4.20. The summed E-state index contributed by atoms with van der Waals surface area (Å²) in [5.41, 5.74) is 0. The highest BCUT2D eigenvalue weighted by molar-refractivity contribution is 4.78. The van der Waals surface area contributed by atoms with Crippen LogP contribution in [0.2, 0.25) is 0 Å². The maximum absolute atomic E-state index is 5.53. The zero-order valence-electron chi connectivity index (χ0n) is 10.1. The summed E-state index contributed by atoms with van der Waals surface area (Å²) in [4.78, 5) is 0. The molecule has 0 aromatic carbocycles. The summed E-state index contributed by atoms with van der Waals surface area (Å²) in [6.07, 6.45) is 3.64. The zero-order valence-corrected chi connectivity index (χ0v) is 10.1. The van der Waals surface area contributed by atoms with Gasteiger partial charge in [0, 0.05) is 19.3 Å². The van der Waals surface area contributed by atoms with Crippen LogP contribution in [0.15, 0.2) is 0 Å². The molecule has 2 unspecified atom stereocenters. The van der Waals surface area contributed by atoms with Crippen molar-refractivity contribution in [3.8, 4) is 0 Å². The number of ether oxygens (including phenoxy) is 2. The van der Waals surface area contributed by atoms with E-state index in [4.69, 9.17) is 9.47 Å². The van der Waals surface area contributed by atoms with Crippen molar-refractivity contribution in [3.63, 3.8) is 0 Å². The summed E-state index contributed by atoms with van der Waals surface area (Å²) in [7, 11) is 0. The summed E-state index contributed by atoms with van der Waals surface area (Å²) in [5, 5.41) is 3.57. The molecule has 0 spiro atoms. The van der Waals surface area contributed by atoms with Crippen LogP contribution in [0.1, 0.15) is 33.1 Å². The van der Waals surface area contributed by atoms with Crippen molar-refractivity contribution in [2.75, 3.05) is 33.0 Å². The minimum atomic E-state index is 0.477. The molecular formula is C12H25NO2. The number of rotatable bonds is 7. The largest absolute Gasteiger partial charge is 0.381 e.